The van der Waals surface area contributed by atoms with Crippen molar-refractivity contribution in [1.29, 1.82) is 0 Å². The van der Waals surface area contributed by atoms with E-state index < -0.39 is 0 Å². The molecule has 0 saturated heterocycles. The zero-order valence-corrected chi connectivity index (χ0v) is 10.3. The summed E-state index contributed by atoms with van der Waals surface area (Å²) >= 11 is 3.33. The Balaban J connectivity index is 2.63. The molecular weight excluding hydrogens is 256 g/mol. The molecule has 0 fully saturated rings. The highest BCUT2D eigenvalue weighted by Crippen LogP contribution is 2.11. The maximum Gasteiger partial charge on any atom is 0.253 e. The van der Waals surface area contributed by atoms with Gasteiger partial charge in [-0.15, -0.1) is 0 Å². The van der Waals surface area contributed by atoms with Crippen LogP contribution in [0.3, 0.4) is 0 Å². The van der Waals surface area contributed by atoms with E-state index in [9.17, 15) is 4.79 Å². The lowest BCUT2D eigenvalue weighted by molar-refractivity contribution is 0.0794. The molecule has 15 heavy (non-hydrogen) atoms. The van der Waals surface area contributed by atoms with Gasteiger partial charge < -0.3 is 10.6 Å². The minimum atomic E-state index is 0.0379. The summed E-state index contributed by atoms with van der Waals surface area (Å²) < 4.78 is 0.976. The molecule has 3 nitrogen and oxygen atoms in total. The Kier molecular flexibility index (Phi) is 4.78. The van der Waals surface area contributed by atoms with Crippen molar-refractivity contribution in [2.45, 2.75) is 6.42 Å². The highest BCUT2D eigenvalue weighted by molar-refractivity contribution is 9.10. The van der Waals surface area contributed by atoms with Crippen LogP contribution in [0.2, 0.25) is 0 Å². The number of rotatable bonds is 4. The quantitative estimate of drug-likeness (QED) is 0.908. The first-order valence-corrected chi connectivity index (χ1v) is 5.65. The Labute approximate surface area is 98.4 Å². The Morgan fingerprint density at radius 3 is 2.53 bits per heavy atom. The highest BCUT2D eigenvalue weighted by atomic mass is 79.9. The van der Waals surface area contributed by atoms with Crippen LogP contribution in [-0.4, -0.2) is 30.9 Å². The van der Waals surface area contributed by atoms with Crippen molar-refractivity contribution in [2.24, 2.45) is 5.73 Å². The van der Waals surface area contributed by atoms with E-state index in [0.29, 0.717) is 18.7 Å². The standard InChI is InChI=1S/C11H15BrN2O/c1-14(8-2-7-13)11(15)9-3-5-10(12)6-4-9/h3-6H,2,7-8,13H2,1H3. The van der Waals surface area contributed by atoms with Crippen LogP contribution in [0.1, 0.15) is 16.8 Å². The Morgan fingerprint density at radius 2 is 2.00 bits per heavy atom. The molecule has 1 aromatic rings. The predicted molar refractivity (Wildman–Crippen MR) is 64.8 cm³/mol. The molecule has 0 atom stereocenters. The SMILES string of the molecule is CN(CCCN)C(=O)c1ccc(Br)cc1. The topological polar surface area (TPSA) is 46.3 Å². The second kappa shape index (κ2) is 5.88. The van der Waals surface area contributed by atoms with Crippen LogP contribution < -0.4 is 5.73 Å². The maximum atomic E-state index is 11.8. The zero-order valence-electron chi connectivity index (χ0n) is 8.74. The van der Waals surface area contributed by atoms with Crippen molar-refractivity contribution in [1.82, 2.24) is 4.90 Å². The molecule has 82 valence electrons. The average molecular weight is 271 g/mol. The summed E-state index contributed by atoms with van der Waals surface area (Å²) in [6.07, 6.45) is 0.832. The van der Waals surface area contributed by atoms with Crippen molar-refractivity contribution in [3.8, 4) is 0 Å². The first kappa shape index (κ1) is 12.2. The molecule has 0 unspecified atom stereocenters. The van der Waals surface area contributed by atoms with Crippen molar-refractivity contribution < 1.29 is 4.79 Å². The molecule has 0 aromatic heterocycles. The fourth-order valence-corrected chi connectivity index (χ4v) is 1.51. The molecule has 4 heteroatoms. The third-order valence-corrected chi connectivity index (χ3v) is 2.66. The minimum absolute atomic E-state index is 0.0379. The lowest BCUT2D eigenvalue weighted by Gasteiger charge is -2.16. The fraction of sp³-hybridized carbons (Fsp3) is 0.364. The number of hydrogen-bond donors (Lipinski definition) is 1. The summed E-state index contributed by atoms with van der Waals surface area (Å²) in [5.41, 5.74) is 6.10. The summed E-state index contributed by atoms with van der Waals surface area (Å²) in [4.78, 5) is 13.5. The van der Waals surface area contributed by atoms with E-state index in [1.165, 1.54) is 0 Å². The van der Waals surface area contributed by atoms with Crippen molar-refractivity contribution in [2.75, 3.05) is 20.1 Å². The van der Waals surface area contributed by atoms with Gasteiger partial charge in [0, 0.05) is 23.6 Å². The van der Waals surface area contributed by atoms with Gasteiger partial charge in [0.25, 0.3) is 5.91 Å². The van der Waals surface area contributed by atoms with E-state index in [4.69, 9.17) is 5.73 Å². The number of nitrogens with two attached hydrogens (primary N) is 1. The van der Waals surface area contributed by atoms with Gasteiger partial charge in [-0.2, -0.15) is 0 Å². The molecule has 0 bridgehead atoms. The van der Waals surface area contributed by atoms with Gasteiger partial charge in [-0.05, 0) is 37.2 Å². The molecule has 1 rings (SSSR count). The summed E-state index contributed by atoms with van der Waals surface area (Å²) in [5.74, 6) is 0.0379. The van der Waals surface area contributed by atoms with Gasteiger partial charge in [0.05, 0.1) is 0 Å². The maximum absolute atomic E-state index is 11.8. The smallest absolute Gasteiger partial charge is 0.253 e. The third-order valence-electron chi connectivity index (χ3n) is 2.14. The van der Waals surface area contributed by atoms with Gasteiger partial charge in [-0.1, -0.05) is 15.9 Å². The van der Waals surface area contributed by atoms with Crippen LogP contribution in [0.5, 0.6) is 0 Å². The van der Waals surface area contributed by atoms with E-state index >= 15 is 0 Å². The molecule has 0 aliphatic carbocycles. The van der Waals surface area contributed by atoms with Gasteiger partial charge in [0.2, 0.25) is 0 Å². The second-order valence-corrected chi connectivity index (χ2v) is 4.29. The molecule has 0 radical (unpaired) electrons. The molecule has 0 saturated carbocycles. The number of halogens is 1. The number of benzene rings is 1. The summed E-state index contributed by atoms with van der Waals surface area (Å²) in [6.45, 7) is 1.31. The monoisotopic (exact) mass is 270 g/mol. The van der Waals surface area contributed by atoms with Gasteiger partial charge >= 0.3 is 0 Å². The van der Waals surface area contributed by atoms with Crippen LogP contribution in [0.4, 0.5) is 0 Å². The summed E-state index contributed by atoms with van der Waals surface area (Å²) in [7, 11) is 1.79. The molecule has 0 spiro atoms. The van der Waals surface area contributed by atoms with Crippen molar-refractivity contribution >= 4 is 21.8 Å². The van der Waals surface area contributed by atoms with Crippen LogP contribution in [0.15, 0.2) is 28.7 Å². The number of hydrogen-bond acceptors (Lipinski definition) is 2. The minimum Gasteiger partial charge on any atom is -0.342 e. The first-order chi connectivity index (χ1) is 7.15. The van der Waals surface area contributed by atoms with E-state index in [1.807, 2.05) is 24.3 Å². The number of amides is 1. The van der Waals surface area contributed by atoms with E-state index in [0.717, 1.165) is 10.9 Å². The number of nitrogens with zero attached hydrogens (tertiary/aromatic N) is 1. The lowest BCUT2D eigenvalue weighted by atomic mass is 10.2. The summed E-state index contributed by atoms with van der Waals surface area (Å²) in [6, 6.07) is 7.35. The van der Waals surface area contributed by atoms with Crippen LogP contribution in [0, 0.1) is 0 Å². The number of carbonyl (C=O) groups is 1. The van der Waals surface area contributed by atoms with Crippen LogP contribution >= 0.6 is 15.9 Å². The van der Waals surface area contributed by atoms with Gasteiger partial charge in [-0.3, -0.25) is 4.79 Å². The second-order valence-electron chi connectivity index (χ2n) is 3.38. The van der Waals surface area contributed by atoms with Crippen LogP contribution in [0.25, 0.3) is 0 Å². The lowest BCUT2D eigenvalue weighted by Crippen LogP contribution is -2.28. The molecule has 1 amide bonds. The predicted octanol–water partition coefficient (Wildman–Crippen LogP) is 1.87. The molecule has 2 N–H and O–H groups in total. The third kappa shape index (κ3) is 3.64. The Morgan fingerprint density at radius 1 is 1.40 bits per heavy atom. The van der Waals surface area contributed by atoms with Crippen molar-refractivity contribution in [3.05, 3.63) is 34.3 Å². The van der Waals surface area contributed by atoms with Crippen molar-refractivity contribution in [3.63, 3.8) is 0 Å². The van der Waals surface area contributed by atoms with E-state index in [2.05, 4.69) is 15.9 Å². The van der Waals surface area contributed by atoms with E-state index in [1.54, 1.807) is 11.9 Å². The van der Waals surface area contributed by atoms with Gasteiger partial charge in [0.15, 0.2) is 0 Å². The Bertz CT molecular complexity index is 324. The highest BCUT2D eigenvalue weighted by Gasteiger charge is 2.10. The normalized spacial score (nSPS) is 10.1. The first-order valence-electron chi connectivity index (χ1n) is 4.86. The fourth-order valence-electron chi connectivity index (χ4n) is 1.24. The molecule has 0 aliphatic heterocycles. The zero-order chi connectivity index (χ0) is 11.3. The Hall–Kier alpha value is -0.870. The largest absolute Gasteiger partial charge is 0.342 e. The van der Waals surface area contributed by atoms with Gasteiger partial charge in [0.1, 0.15) is 0 Å². The van der Waals surface area contributed by atoms with Crippen LogP contribution in [-0.2, 0) is 0 Å². The van der Waals surface area contributed by atoms with E-state index in [-0.39, 0.29) is 5.91 Å². The summed E-state index contributed by atoms with van der Waals surface area (Å²) in [5, 5.41) is 0. The average Bonchev–Trinajstić information content (AvgIpc) is 2.26. The molecule has 0 aliphatic rings. The van der Waals surface area contributed by atoms with Gasteiger partial charge in [-0.25, -0.2) is 0 Å². The molecule has 0 heterocycles. The molecular formula is C11H15BrN2O. The number of carbonyl (C=O) groups excluding carboxylic acids is 1. The molecule has 1 aromatic carbocycles.